The lowest BCUT2D eigenvalue weighted by molar-refractivity contribution is -0.123. The van der Waals surface area contributed by atoms with Crippen LogP contribution in [-0.2, 0) is 4.79 Å². The van der Waals surface area contributed by atoms with Gasteiger partial charge in [-0.3, -0.25) is 9.69 Å². The van der Waals surface area contributed by atoms with Gasteiger partial charge in [-0.2, -0.15) is 0 Å². The van der Waals surface area contributed by atoms with Crippen LogP contribution in [0, 0.1) is 12.3 Å². The summed E-state index contributed by atoms with van der Waals surface area (Å²) in [5.41, 5.74) is 0.929. The number of benzene rings is 1. The maximum absolute atomic E-state index is 12.6. The van der Waals surface area contributed by atoms with Crippen LogP contribution in [0.4, 0.5) is 4.79 Å². The van der Waals surface area contributed by atoms with Crippen LogP contribution in [0.2, 0.25) is 0 Å². The van der Waals surface area contributed by atoms with Gasteiger partial charge < -0.3 is 14.7 Å². The van der Waals surface area contributed by atoms with Crippen molar-refractivity contribution in [1.29, 1.82) is 0 Å². The van der Waals surface area contributed by atoms with Crippen LogP contribution in [0.5, 0.6) is 5.75 Å². The van der Waals surface area contributed by atoms with Crippen molar-refractivity contribution in [2.75, 3.05) is 32.8 Å². The zero-order chi connectivity index (χ0) is 21.2. The van der Waals surface area contributed by atoms with E-state index < -0.39 is 6.09 Å². The first-order valence-corrected chi connectivity index (χ1v) is 10.7. The highest BCUT2D eigenvalue weighted by Gasteiger charge is 2.33. The summed E-state index contributed by atoms with van der Waals surface area (Å²) in [5, 5.41) is 10.3. The number of Topliss-reactive ketones (excluding diaryl/α,β-unsaturated/α-hetero) is 1. The van der Waals surface area contributed by atoms with Crippen LogP contribution in [0.25, 0.3) is 10.2 Å². The minimum absolute atomic E-state index is 0.00396. The van der Waals surface area contributed by atoms with Gasteiger partial charge in [-0.05, 0) is 30.9 Å². The van der Waals surface area contributed by atoms with Gasteiger partial charge in [0, 0.05) is 31.7 Å². The highest BCUT2D eigenvalue weighted by molar-refractivity contribution is 7.18. The number of nitrogens with zero attached hydrogens (tertiary/aromatic N) is 3. The number of aromatic nitrogens is 1. The molecule has 0 bridgehead atoms. The van der Waals surface area contributed by atoms with Gasteiger partial charge in [-0.1, -0.05) is 20.8 Å². The molecule has 1 aliphatic rings. The molecule has 29 heavy (non-hydrogen) atoms. The fraction of sp³-hybridized carbons (Fsp3) is 0.571. The van der Waals surface area contributed by atoms with Crippen molar-refractivity contribution in [2.45, 2.75) is 40.2 Å². The van der Waals surface area contributed by atoms with Crippen molar-refractivity contribution in [2.24, 2.45) is 5.41 Å². The second-order valence-corrected chi connectivity index (χ2v) is 10.0. The summed E-state index contributed by atoms with van der Waals surface area (Å²) in [7, 11) is 0. The molecule has 1 amide bonds. The lowest BCUT2D eigenvalue weighted by atomic mass is 9.86. The fourth-order valence-corrected chi connectivity index (χ4v) is 4.53. The molecule has 1 N–H and O–H groups in total. The monoisotopic (exact) mass is 419 g/mol. The Hall–Kier alpha value is -2.19. The minimum Gasteiger partial charge on any atom is -0.486 e. The molecule has 0 saturated carbocycles. The molecule has 0 unspecified atom stereocenters. The van der Waals surface area contributed by atoms with Crippen molar-refractivity contribution < 1.29 is 19.4 Å². The van der Waals surface area contributed by atoms with E-state index in [0.717, 1.165) is 21.6 Å². The van der Waals surface area contributed by atoms with E-state index in [-0.39, 0.29) is 30.4 Å². The molecule has 1 fully saturated rings. The summed E-state index contributed by atoms with van der Waals surface area (Å²) in [6, 6.07) is 5.71. The van der Waals surface area contributed by atoms with Crippen molar-refractivity contribution in [3.63, 3.8) is 0 Å². The Kier molecular flexibility index (Phi) is 6.43. The Labute approximate surface area is 175 Å². The molecule has 1 saturated heterocycles. The number of thiazole rings is 1. The van der Waals surface area contributed by atoms with Crippen molar-refractivity contribution in [3.8, 4) is 5.75 Å². The molecule has 0 aliphatic carbocycles. The Balaban J connectivity index is 1.58. The molecular formula is C21H29N3O4S. The van der Waals surface area contributed by atoms with Crippen LogP contribution in [0.1, 0.15) is 32.2 Å². The number of ketones is 1. The third-order valence-electron chi connectivity index (χ3n) is 4.97. The van der Waals surface area contributed by atoms with Gasteiger partial charge in [0.25, 0.3) is 0 Å². The molecular weight excluding hydrogens is 390 g/mol. The van der Waals surface area contributed by atoms with E-state index in [1.807, 2.05) is 25.1 Å². The molecule has 1 aromatic heterocycles. The normalized spacial score (nSPS) is 18.2. The summed E-state index contributed by atoms with van der Waals surface area (Å²) in [6.07, 6.45) is -0.0732. The van der Waals surface area contributed by atoms with E-state index in [1.54, 1.807) is 11.3 Å². The molecule has 0 spiro atoms. The standard InChI is InChI=1S/C21H29N3O4S/c1-14-22-18-9-17(5-6-19(18)29-14)28-13-16(25)12-23-7-8-24(20(26)27)11-15(23)10-21(2,3)4/h5-6,9,15H,7-8,10-13H2,1-4H3,(H,26,27)/t15-/m0/s1. The molecule has 1 aliphatic heterocycles. The minimum atomic E-state index is -0.897. The predicted molar refractivity (Wildman–Crippen MR) is 114 cm³/mol. The van der Waals surface area contributed by atoms with Gasteiger partial charge in [-0.15, -0.1) is 11.3 Å². The van der Waals surface area contributed by atoms with Crippen LogP contribution in [0.3, 0.4) is 0 Å². The number of hydrogen-bond acceptors (Lipinski definition) is 6. The molecule has 3 rings (SSSR count). The van der Waals surface area contributed by atoms with Gasteiger partial charge in [0.2, 0.25) is 0 Å². The molecule has 2 heterocycles. The first-order chi connectivity index (χ1) is 13.6. The van der Waals surface area contributed by atoms with E-state index >= 15 is 0 Å². The first-order valence-electron chi connectivity index (χ1n) is 9.84. The van der Waals surface area contributed by atoms with E-state index in [4.69, 9.17) is 4.74 Å². The van der Waals surface area contributed by atoms with Crippen LogP contribution in [-0.4, -0.2) is 70.6 Å². The number of aryl methyl sites for hydroxylation is 1. The number of carbonyl (C=O) groups is 2. The smallest absolute Gasteiger partial charge is 0.407 e. The average Bonchev–Trinajstić information content (AvgIpc) is 2.99. The Morgan fingerprint density at radius 2 is 2.07 bits per heavy atom. The Morgan fingerprint density at radius 3 is 2.76 bits per heavy atom. The number of rotatable bonds is 6. The number of carboxylic acid groups (broad SMARTS) is 1. The zero-order valence-corrected chi connectivity index (χ0v) is 18.3. The van der Waals surface area contributed by atoms with E-state index in [9.17, 15) is 14.7 Å². The topological polar surface area (TPSA) is 83.0 Å². The van der Waals surface area contributed by atoms with Gasteiger partial charge in [-0.25, -0.2) is 9.78 Å². The zero-order valence-electron chi connectivity index (χ0n) is 17.5. The number of piperazine rings is 1. The Morgan fingerprint density at radius 1 is 1.31 bits per heavy atom. The van der Waals surface area contributed by atoms with Gasteiger partial charge in [0.05, 0.1) is 21.8 Å². The van der Waals surface area contributed by atoms with Crippen LogP contribution in [0.15, 0.2) is 18.2 Å². The predicted octanol–water partition coefficient (Wildman–Crippen LogP) is 3.65. The molecule has 0 radical (unpaired) electrons. The summed E-state index contributed by atoms with van der Waals surface area (Å²) >= 11 is 1.63. The van der Waals surface area contributed by atoms with Crippen molar-refractivity contribution >= 4 is 33.4 Å². The molecule has 2 aromatic rings. The highest BCUT2D eigenvalue weighted by Crippen LogP contribution is 2.27. The van der Waals surface area contributed by atoms with Gasteiger partial charge in [0.15, 0.2) is 5.78 Å². The van der Waals surface area contributed by atoms with E-state index in [1.165, 1.54) is 4.90 Å². The van der Waals surface area contributed by atoms with E-state index in [2.05, 4.69) is 30.7 Å². The summed E-state index contributed by atoms with van der Waals surface area (Å²) < 4.78 is 6.81. The number of ether oxygens (including phenoxy) is 1. The second-order valence-electron chi connectivity index (χ2n) is 8.81. The largest absolute Gasteiger partial charge is 0.486 e. The third kappa shape index (κ3) is 5.90. The van der Waals surface area contributed by atoms with Gasteiger partial charge >= 0.3 is 6.09 Å². The molecule has 7 nitrogen and oxygen atoms in total. The first kappa shape index (κ1) is 21.5. The van der Waals surface area contributed by atoms with Crippen molar-refractivity contribution in [3.05, 3.63) is 23.2 Å². The van der Waals surface area contributed by atoms with E-state index in [0.29, 0.717) is 25.4 Å². The lowest BCUT2D eigenvalue weighted by Gasteiger charge is -2.42. The maximum Gasteiger partial charge on any atom is 0.407 e. The number of hydrogen-bond donors (Lipinski definition) is 1. The van der Waals surface area contributed by atoms with Crippen LogP contribution >= 0.6 is 11.3 Å². The quantitative estimate of drug-likeness (QED) is 0.769. The number of fused-ring (bicyclic) bond motifs is 1. The summed E-state index contributed by atoms with van der Waals surface area (Å²) in [6.45, 7) is 10.0. The third-order valence-corrected chi connectivity index (χ3v) is 5.92. The maximum atomic E-state index is 12.6. The number of amides is 1. The summed E-state index contributed by atoms with van der Waals surface area (Å²) in [4.78, 5) is 31.9. The SMILES string of the molecule is Cc1nc2cc(OCC(=O)CN3CCN(C(=O)O)C[C@@H]3CC(C)(C)C)ccc2s1. The molecule has 158 valence electrons. The van der Waals surface area contributed by atoms with Gasteiger partial charge in [0.1, 0.15) is 12.4 Å². The highest BCUT2D eigenvalue weighted by atomic mass is 32.1. The lowest BCUT2D eigenvalue weighted by Crippen LogP contribution is -2.56. The van der Waals surface area contributed by atoms with Crippen LogP contribution < -0.4 is 4.74 Å². The number of carbonyl (C=O) groups excluding carboxylic acids is 1. The average molecular weight is 420 g/mol. The second kappa shape index (κ2) is 8.67. The fourth-order valence-electron chi connectivity index (χ4n) is 3.72. The molecule has 8 heteroatoms. The summed E-state index contributed by atoms with van der Waals surface area (Å²) in [5.74, 6) is 0.625. The van der Waals surface area contributed by atoms with Crippen molar-refractivity contribution in [1.82, 2.24) is 14.8 Å². The molecule has 1 aromatic carbocycles. The Bertz CT molecular complexity index is 890. The molecule has 1 atom stereocenters.